The third-order valence-electron chi connectivity index (χ3n) is 3.01. The molecule has 0 N–H and O–H groups in total. The molecular weight excluding hydrogens is 170 g/mol. The van der Waals surface area contributed by atoms with Crippen LogP contribution in [0.5, 0.6) is 0 Å². The Labute approximate surface area is 76.8 Å². The molecule has 2 saturated heterocycles. The van der Waals surface area contributed by atoms with Crippen molar-refractivity contribution in [3.8, 4) is 0 Å². The minimum atomic E-state index is -0.507. The zero-order valence-corrected chi connectivity index (χ0v) is 7.66. The lowest BCUT2D eigenvalue weighted by Crippen LogP contribution is -2.60. The maximum atomic E-state index is 11.5. The van der Waals surface area contributed by atoms with E-state index >= 15 is 0 Å². The smallest absolute Gasteiger partial charge is 0.317 e. The van der Waals surface area contributed by atoms with Crippen molar-refractivity contribution < 1.29 is 14.3 Å². The first-order valence-corrected chi connectivity index (χ1v) is 4.58. The SMILES string of the molecule is COC(=O)C1C(=O)CCN2CCC12. The van der Waals surface area contributed by atoms with E-state index in [-0.39, 0.29) is 17.8 Å². The monoisotopic (exact) mass is 183 g/mol. The fraction of sp³-hybridized carbons (Fsp3) is 0.778. The fourth-order valence-electron chi connectivity index (χ4n) is 2.16. The third-order valence-corrected chi connectivity index (χ3v) is 3.01. The third kappa shape index (κ3) is 1.25. The first kappa shape index (κ1) is 8.69. The number of Topliss-reactive ketones (excluding diaryl/α,β-unsaturated/α-hetero) is 1. The van der Waals surface area contributed by atoms with Crippen molar-refractivity contribution in [3.05, 3.63) is 0 Å². The highest BCUT2D eigenvalue weighted by atomic mass is 16.5. The molecule has 72 valence electrons. The summed E-state index contributed by atoms with van der Waals surface area (Å²) in [6.45, 7) is 1.84. The number of piperidine rings is 1. The molecule has 0 aliphatic carbocycles. The Bertz CT molecular complexity index is 243. The molecule has 2 fully saturated rings. The molecule has 0 spiro atoms. The number of fused-ring (bicyclic) bond motifs is 1. The Morgan fingerprint density at radius 1 is 1.54 bits per heavy atom. The highest BCUT2D eigenvalue weighted by molar-refractivity contribution is 6.00. The van der Waals surface area contributed by atoms with Gasteiger partial charge in [-0.2, -0.15) is 0 Å². The number of hydrogen-bond acceptors (Lipinski definition) is 4. The van der Waals surface area contributed by atoms with Gasteiger partial charge >= 0.3 is 5.97 Å². The average molecular weight is 183 g/mol. The average Bonchev–Trinajstić information content (AvgIpc) is 2.09. The molecule has 0 aromatic heterocycles. The summed E-state index contributed by atoms with van der Waals surface area (Å²) in [5.41, 5.74) is 0. The van der Waals surface area contributed by atoms with Crippen LogP contribution in [0.4, 0.5) is 0 Å². The summed E-state index contributed by atoms with van der Waals surface area (Å²) in [7, 11) is 1.34. The second-order valence-electron chi connectivity index (χ2n) is 3.61. The van der Waals surface area contributed by atoms with Gasteiger partial charge in [-0.05, 0) is 6.42 Å². The van der Waals surface area contributed by atoms with Gasteiger partial charge in [0.1, 0.15) is 11.7 Å². The molecule has 2 heterocycles. The van der Waals surface area contributed by atoms with Crippen LogP contribution < -0.4 is 0 Å². The highest BCUT2D eigenvalue weighted by Gasteiger charge is 2.46. The molecule has 0 bridgehead atoms. The van der Waals surface area contributed by atoms with Crippen LogP contribution in [0.25, 0.3) is 0 Å². The number of hydrogen-bond donors (Lipinski definition) is 0. The summed E-state index contributed by atoms with van der Waals surface area (Å²) < 4.78 is 4.63. The van der Waals surface area contributed by atoms with Crippen LogP contribution in [0, 0.1) is 5.92 Å². The van der Waals surface area contributed by atoms with E-state index in [4.69, 9.17) is 0 Å². The van der Waals surface area contributed by atoms with Gasteiger partial charge in [-0.15, -0.1) is 0 Å². The molecule has 0 saturated carbocycles. The van der Waals surface area contributed by atoms with Crippen molar-refractivity contribution in [2.24, 2.45) is 5.92 Å². The Hall–Kier alpha value is -0.900. The van der Waals surface area contributed by atoms with Gasteiger partial charge in [0, 0.05) is 25.6 Å². The molecule has 2 aliphatic heterocycles. The predicted octanol–water partition coefficient (Wildman–Crippen LogP) is -0.177. The van der Waals surface area contributed by atoms with Crippen LogP contribution in [-0.2, 0) is 14.3 Å². The summed E-state index contributed by atoms with van der Waals surface area (Å²) in [6.07, 6.45) is 1.45. The molecule has 0 radical (unpaired) electrons. The van der Waals surface area contributed by atoms with Gasteiger partial charge in [0.2, 0.25) is 0 Å². The minimum Gasteiger partial charge on any atom is -0.468 e. The minimum absolute atomic E-state index is 0.0489. The second-order valence-corrected chi connectivity index (χ2v) is 3.61. The molecule has 2 unspecified atom stereocenters. The number of carbonyl (C=O) groups excluding carboxylic acids is 2. The van der Waals surface area contributed by atoms with Crippen molar-refractivity contribution in [2.45, 2.75) is 18.9 Å². The molecule has 13 heavy (non-hydrogen) atoms. The molecule has 0 amide bonds. The van der Waals surface area contributed by atoms with Gasteiger partial charge in [0.05, 0.1) is 7.11 Å². The van der Waals surface area contributed by atoms with Gasteiger partial charge in [-0.1, -0.05) is 0 Å². The molecule has 2 aliphatic rings. The number of esters is 1. The molecular formula is C9H13NO3. The summed E-state index contributed by atoms with van der Waals surface area (Å²) in [4.78, 5) is 24.9. The van der Waals surface area contributed by atoms with Crippen LogP contribution in [0.1, 0.15) is 12.8 Å². The van der Waals surface area contributed by atoms with E-state index in [1.54, 1.807) is 0 Å². The Morgan fingerprint density at radius 2 is 2.31 bits per heavy atom. The topological polar surface area (TPSA) is 46.6 Å². The number of ketones is 1. The van der Waals surface area contributed by atoms with E-state index in [1.807, 2.05) is 0 Å². The highest BCUT2D eigenvalue weighted by Crippen LogP contribution is 2.31. The number of methoxy groups -OCH3 is 1. The van der Waals surface area contributed by atoms with Crippen LogP contribution in [0.2, 0.25) is 0 Å². The number of ether oxygens (including phenoxy) is 1. The standard InChI is InChI=1S/C9H13NO3/c1-13-9(12)8-6-2-4-10(6)5-3-7(8)11/h6,8H,2-5H2,1H3. The lowest BCUT2D eigenvalue weighted by molar-refractivity contribution is -0.158. The zero-order chi connectivity index (χ0) is 9.42. The van der Waals surface area contributed by atoms with Gasteiger partial charge in [0.15, 0.2) is 0 Å². The molecule has 4 nitrogen and oxygen atoms in total. The summed E-state index contributed by atoms with van der Waals surface area (Å²) in [6, 6.07) is 0.133. The van der Waals surface area contributed by atoms with Crippen molar-refractivity contribution >= 4 is 11.8 Å². The van der Waals surface area contributed by atoms with Crippen LogP contribution in [0.15, 0.2) is 0 Å². The summed E-state index contributed by atoms with van der Waals surface area (Å²) >= 11 is 0. The first-order chi connectivity index (χ1) is 6.24. The van der Waals surface area contributed by atoms with E-state index in [1.165, 1.54) is 7.11 Å². The molecule has 2 atom stereocenters. The van der Waals surface area contributed by atoms with E-state index in [0.29, 0.717) is 6.42 Å². The quantitative estimate of drug-likeness (QED) is 0.418. The van der Waals surface area contributed by atoms with Gasteiger partial charge in [-0.25, -0.2) is 0 Å². The summed E-state index contributed by atoms with van der Waals surface area (Å²) in [5.74, 6) is -0.820. The maximum Gasteiger partial charge on any atom is 0.317 e. The Morgan fingerprint density at radius 3 is 2.85 bits per heavy atom. The van der Waals surface area contributed by atoms with E-state index in [0.717, 1.165) is 19.5 Å². The molecule has 0 aromatic rings. The number of carbonyl (C=O) groups is 2. The molecule has 4 heteroatoms. The van der Waals surface area contributed by atoms with Gasteiger partial charge in [-0.3, -0.25) is 14.5 Å². The molecule has 0 aromatic carbocycles. The van der Waals surface area contributed by atoms with E-state index in [9.17, 15) is 9.59 Å². The molecule has 2 rings (SSSR count). The number of nitrogens with zero attached hydrogens (tertiary/aromatic N) is 1. The van der Waals surface area contributed by atoms with Crippen LogP contribution in [-0.4, -0.2) is 42.9 Å². The summed E-state index contributed by atoms with van der Waals surface area (Å²) in [5, 5.41) is 0. The lowest BCUT2D eigenvalue weighted by Gasteiger charge is -2.47. The van der Waals surface area contributed by atoms with Crippen molar-refractivity contribution in [1.29, 1.82) is 0 Å². The van der Waals surface area contributed by atoms with Crippen LogP contribution >= 0.6 is 0 Å². The largest absolute Gasteiger partial charge is 0.468 e. The fourth-order valence-corrected chi connectivity index (χ4v) is 2.16. The predicted molar refractivity (Wildman–Crippen MR) is 45.1 cm³/mol. The first-order valence-electron chi connectivity index (χ1n) is 4.58. The normalized spacial score (nSPS) is 33.5. The maximum absolute atomic E-state index is 11.5. The van der Waals surface area contributed by atoms with Crippen molar-refractivity contribution in [1.82, 2.24) is 4.90 Å². The Kier molecular flexibility index (Phi) is 2.07. The van der Waals surface area contributed by atoms with Gasteiger partial charge in [0.25, 0.3) is 0 Å². The van der Waals surface area contributed by atoms with E-state index < -0.39 is 5.92 Å². The lowest BCUT2D eigenvalue weighted by atomic mass is 9.81. The zero-order valence-electron chi connectivity index (χ0n) is 7.66. The second kappa shape index (κ2) is 3.10. The van der Waals surface area contributed by atoms with Crippen molar-refractivity contribution in [2.75, 3.05) is 20.2 Å². The number of rotatable bonds is 1. The van der Waals surface area contributed by atoms with Gasteiger partial charge < -0.3 is 4.74 Å². The van der Waals surface area contributed by atoms with Crippen LogP contribution in [0.3, 0.4) is 0 Å². The van der Waals surface area contributed by atoms with Crippen molar-refractivity contribution in [3.63, 3.8) is 0 Å². The Balaban J connectivity index is 2.12. The van der Waals surface area contributed by atoms with E-state index in [2.05, 4.69) is 9.64 Å².